The van der Waals surface area contributed by atoms with Crippen molar-refractivity contribution in [3.63, 3.8) is 0 Å². The van der Waals surface area contributed by atoms with E-state index in [1.54, 1.807) is 13.1 Å². The topological polar surface area (TPSA) is 66.8 Å². The Kier molecular flexibility index (Phi) is 6.67. The van der Waals surface area contributed by atoms with Crippen LogP contribution in [0.3, 0.4) is 0 Å². The maximum atomic E-state index is 13.0. The molecule has 0 aliphatic rings. The summed E-state index contributed by atoms with van der Waals surface area (Å²) in [6.07, 6.45) is 1.81. The van der Waals surface area contributed by atoms with Crippen molar-refractivity contribution in [2.75, 3.05) is 11.9 Å². The highest BCUT2D eigenvalue weighted by atomic mass is 32.1. The van der Waals surface area contributed by atoms with Crippen LogP contribution in [0.4, 0.5) is 10.5 Å². The number of hydrogen-bond acceptors (Lipinski definition) is 4. The van der Waals surface area contributed by atoms with E-state index in [0.717, 1.165) is 29.7 Å². The van der Waals surface area contributed by atoms with Crippen molar-refractivity contribution in [2.45, 2.75) is 26.2 Å². The first-order chi connectivity index (χ1) is 14.0. The van der Waals surface area contributed by atoms with Gasteiger partial charge in [-0.05, 0) is 42.2 Å². The second-order valence-electron chi connectivity index (χ2n) is 6.68. The van der Waals surface area contributed by atoms with Crippen LogP contribution in [-0.2, 0) is 6.42 Å². The number of rotatable bonds is 7. The number of anilines is 1. The van der Waals surface area contributed by atoms with Crippen molar-refractivity contribution >= 4 is 29.1 Å². The molecule has 0 saturated heterocycles. The molecule has 3 rings (SSSR count). The molecule has 2 aromatic carbocycles. The SMILES string of the molecule is CCCCc1ccc(C(=O)N(C)c2cc(-c3ccccc3)sc2OC(=O)O)cc1. The molecule has 0 saturated carbocycles. The Morgan fingerprint density at radius 3 is 2.38 bits per heavy atom. The van der Waals surface area contributed by atoms with E-state index < -0.39 is 6.16 Å². The van der Waals surface area contributed by atoms with E-state index in [-0.39, 0.29) is 11.0 Å². The maximum absolute atomic E-state index is 13.0. The summed E-state index contributed by atoms with van der Waals surface area (Å²) in [4.78, 5) is 26.4. The first-order valence-corrected chi connectivity index (χ1v) is 10.3. The molecule has 29 heavy (non-hydrogen) atoms. The predicted molar refractivity (Wildman–Crippen MR) is 116 cm³/mol. The van der Waals surface area contributed by atoms with Crippen LogP contribution in [0.25, 0.3) is 10.4 Å². The second kappa shape index (κ2) is 9.39. The zero-order chi connectivity index (χ0) is 20.8. The Bertz CT molecular complexity index is 980. The number of carbonyl (C=O) groups is 2. The molecule has 0 fully saturated rings. The van der Waals surface area contributed by atoms with Crippen molar-refractivity contribution in [1.82, 2.24) is 0 Å². The lowest BCUT2D eigenvalue weighted by Crippen LogP contribution is -2.26. The van der Waals surface area contributed by atoms with Crippen LogP contribution < -0.4 is 9.64 Å². The molecule has 5 nitrogen and oxygen atoms in total. The molecule has 1 aromatic heterocycles. The summed E-state index contributed by atoms with van der Waals surface area (Å²) in [6.45, 7) is 2.15. The number of carboxylic acid groups (broad SMARTS) is 1. The molecule has 1 amide bonds. The third-order valence-electron chi connectivity index (χ3n) is 4.60. The lowest BCUT2D eigenvalue weighted by atomic mass is 10.1. The summed E-state index contributed by atoms with van der Waals surface area (Å²) in [5.41, 5.74) is 3.10. The van der Waals surface area contributed by atoms with E-state index in [1.165, 1.54) is 21.8 Å². The largest absolute Gasteiger partial charge is 0.512 e. The van der Waals surface area contributed by atoms with E-state index >= 15 is 0 Å². The molecular formula is C23H23NO4S. The standard InChI is InChI=1S/C23H23NO4S/c1-3-4-8-16-11-13-18(14-12-16)21(25)24(2)19-15-20(17-9-6-5-7-10-17)29-22(19)28-23(26)27/h5-7,9-15H,3-4,8H2,1-2H3,(H,26,27). The average molecular weight is 410 g/mol. The van der Waals surface area contributed by atoms with Crippen molar-refractivity contribution in [2.24, 2.45) is 0 Å². The van der Waals surface area contributed by atoms with Gasteiger partial charge < -0.3 is 14.7 Å². The number of nitrogens with zero attached hydrogens (tertiary/aromatic N) is 1. The van der Waals surface area contributed by atoms with Crippen LogP contribution in [0, 0.1) is 0 Å². The lowest BCUT2D eigenvalue weighted by molar-refractivity contribution is 0.0991. The first-order valence-electron chi connectivity index (χ1n) is 9.46. The van der Waals surface area contributed by atoms with Crippen molar-refractivity contribution in [3.8, 4) is 15.5 Å². The molecule has 0 spiro atoms. The van der Waals surface area contributed by atoms with Gasteiger partial charge in [-0.3, -0.25) is 4.79 Å². The summed E-state index contributed by atoms with van der Waals surface area (Å²) < 4.78 is 4.96. The molecule has 6 heteroatoms. The Balaban J connectivity index is 1.88. The maximum Gasteiger partial charge on any atom is 0.512 e. The van der Waals surface area contributed by atoms with Gasteiger partial charge in [0.15, 0.2) is 0 Å². The number of amides is 1. The summed E-state index contributed by atoms with van der Waals surface area (Å²) in [5.74, 6) is -0.223. The Morgan fingerprint density at radius 2 is 1.76 bits per heavy atom. The fourth-order valence-corrected chi connectivity index (χ4v) is 4.03. The molecule has 1 N–H and O–H groups in total. The number of benzene rings is 2. The number of ether oxygens (including phenoxy) is 1. The molecule has 0 atom stereocenters. The molecule has 0 bridgehead atoms. The van der Waals surface area contributed by atoms with Crippen molar-refractivity contribution in [1.29, 1.82) is 0 Å². The van der Waals surface area contributed by atoms with Gasteiger partial charge in [-0.1, -0.05) is 67.1 Å². The number of unbranched alkanes of at least 4 members (excludes halogenated alkanes) is 1. The molecule has 1 heterocycles. The Morgan fingerprint density at radius 1 is 1.07 bits per heavy atom. The van der Waals surface area contributed by atoms with Gasteiger partial charge in [-0.2, -0.15) is 0 Å². The van der Waals surface area contributed by atoms with Crippen LogP contribution in [0.5, 0.6) is 5.06 Å². The molecular weight excluding hydrogens is 386 g/mol. The molecule has 150 valence electrons. The van der Waals surface area contributed by atoms with E-state index in [4.69, 9.17) is 9.84 Å². The third-order valence-corrected chi connectivity index (χ3v) is 5.66. The van der Waals surface area contributed by atoms with Gasteiger partial charge in [0.25, 0.3) is 5.91 Å². The minimum atomic E-state index is -1.41. The minimum Gasteiger partial charge on any atom is -0.449 e. The molecule has 0 radical (unpaired) electrons. The summed E-state index contributed by atoms with van der Waals surface area (Å²) in [5, 5.41) is 9.26. The minimum absolute atomic E-state index is 0.173. The zero-order valence-corrected chi connectivity index (χ0v) is 17.2. The van der Waals surface area contributed by atoms with Gasteiger partial charge in [0.2, 0.25) is 5.06 Å². The van der Waals surface area contributed by atoms with Gasteiger partial charge in [0, 0.05) is 17.5 Å². The van der Waals surface area contributed by atoms with E-state index in [1.807, 2.05) is 54.6 Å². The third kappa shape index (κ3) is 5.03. The Hall–Kier alpha value is -3.12. The van der Waals surface area contributed by atoms with Crippen LogP contribution in [-0.4, -0.2) is 24.2 Å². The number of hydrogen-bond donors (Lipinski definition) is 1. The van der Waals surface area contributed by atoms with Gasteiger partial charge in [-0.25, -0.2) is 4.79 Å². The summed E-state index contributed by atoms with van der Waals surface area (Å²) in [7, 11) is 1.62. The smallest absolute Gasteiger partial charge is 0.449 e. The zero-order valence-electron chi connectivity index (χ0n) is 16.4. The van der Waals surface area contributed by atoms with E-state index in [0.29, 0.717) is 11.3 Å². The fraction of sp³-hybridized carbons (Fsp3) is 0.217. The average Bonchev–Trinajstić information content (AvgIpc) is 3.15. The van der Waals surface area contributed by atoms with E-state index in [2.05, 4.69) is 6.92 Å². The first kappa shape index (κ1) is 20.6. The molecule has 3 aromatic rings. The van der Waals surface area contributed by atoms with Crippen LogP contribution in [0.1, 0.15) is 35.7 Å². The monoisotopic (exact) mass is 409 g/mol. The molecule has 0 unspecified atom stereocenters. The van der Waals surface area contributed by atoms with Crippen LogP contribution >= 0.6 is 11.3 Å². The predicted octanol–water partition coefficient (Wildman–Crippen LogP) is 6.09. The highest BCUT2D eigenvalue weighted by Crippen LogP contribution is 2.43. The highest BCUT2D eigenvalue weighted by molar-refractivity contribution is 7.18. The van der Waals surface area contributed by atoms with E-state index in [9.17, 15) is 9.59 Å². The highest BCUT2D eigenvalue weighted by Gasteiger charge is 2.22. The van der Waals surface area contributed by atoms with Gasteiger partial charge in [0.1, 0.15) is 0 Å². The quantitative estimate of drug-likeness (QED) is 0.479. The van der Waals surface area contributed by atoms with Crippen molar-refractivity contribution in [3.05, 3.63) is 71.8 Å². The molecule has 0 aliphatic carbocycles. The van der Waals surface area contributed by atoms with Gasteiger partial charge in [-0.15, -0.1) is 0 Å². The second-order valence-corrected chi connectivity index (χ2v) is 7.70. The van der Waals surface area contributed by atoms with Crippen LogP contribution in [0.15, 0.2) is 60.7 Å². The number of aryl methyl sites for hydroxylation is 1. The fourth-order valence-electron chi connectivity index (χ4n) is 2.99. The normalized spacial score (nSPS) is 10.6. The van der Waals surface area contributed by atoms with Gasteiger partial charge >= 0.3 is 6.16 Å². The molecule has 0 aliphatic heterocycles. The summed E-state index contributed by atoms with van der Waals surface area (Å²) in [6, 6.07) is 18.9. The van der Waals surface area contributed by atoms with Crippen LogP contribution in [0.2, 0.25) is 0 Å². The Labute approximate surface area is 174 Å². The van der Waals surface area contributed by atoms with Crippen molar-refractivity contribution < 1.29 is 19.4 Å². The van der Waals surface area contributed by atoms with Gasteiger partial charge in [0.05, 0.1) is 5.69 Å². The summed E-state index contributed by atoms with van der Waals surface area (Å²) >= 11 is 1.20. The lowest BCUT2D eigenvalue weighted by Gasteiger charge is -2.17. The number of thiophene rings is 1. The number of carbonyl (C=O) groups excluding carboxylic acids is 1.